The molecule has 1 aromatic carbocycles. The minimum Gasteiger partial charge on any atom is -0.456 e. The molecule has 0 bridgehead atoms. The van der Waals surface area contributed by atoms with Crippen molar-refractivity contribution < 1.29 is 24.2 Å². The first-order chi connectivity index (χ1) is 16.8. The Bertz CT molecular complexity index is 1260. The van der Waals surface area contributed by atoms with Crippen LogP contribution < -0.4 is 8.85 Å². The Morgan fingerprint density at radius 2 is 2.23 bits per heavy atom. The van der Waals surface area contributed by atoms with Gasteiger partial charge in [0.05, 0.1) is 53.1 Å². The number of hydrogen-bond donors (Lipinski definition) is 4. The van der Waals surface area contributed by atoms with Crippen LogP contribution >= 0.6 is 22.9 Å². The number of ether oxygens (including phenoxy) is 1. The molecule has 4 N–H and O–H groups in total. The maximum absolute atomic E-state index is 14.0. The lowest BCUT2D eigenvalue weighted by Crippen LogP contribution is -2.71. The molecule has 3 unspecified atom stereocenters. The van der Waals surface area contributed by atoms with Gasteiger partial charge in [-0.2, -0.15) is 5.06 Å². The fraction of sp³-hybridized carbons (Fsp3) is 0.455. The van der Waals surface area contributed by atoms with Gasteiger partial charge in [0.1, 0.15) is 18.0 Å². The molecule has 1 aromatic heterocycles. The fourth-order valence-electron chi connectivity index (χ4n) is 5.53. The number of carbonyl (C=O) groups excluding carboxylic acids is 1. The minimum atomic E-state index is -1.12. The van der Waals surface area contributed by atoms with Crippen molar-refractivity contribution in [1.29, 1.82) is 0 Å². The number of hydrogen-bond acceptors (Lipinski definition) is 9. The van der Waals surface area contributed by atoms with Crippen LogP contribution in [-0.2, 0) is 4.74 Å². The lowest BCUT2D eigenvalue weighted by molar-refractivity contribution is -0.166. The second-order valence-electron chi connectivity index (χ2n) is 8.88. The van der Waals surface area contributed by atoms with Gasteiger partial charge in [0, 0.05) is 24.0 Å². The normalized spacial score (nSPS) is 30.7. The molecule has 186 valence electrons. The summed E-state index contributed by atoms with van der Waals surface area (Å²) in [5.74, 6) is -0.863. The topological polar surface area (TPSA) is 135 Å². The van der Waals surface area contributed by atoms with Gasteiger partial charge in [0.2, 0.25) is 11.9 Å². The number of nitrogens with one attached hydrogen (secondary N) is 2. The maximum Gasteiger partial charge on any atom is 0.339 e. The van der Waals surface area contributed by atoms with Crippen LogP contribution in [0.2, 0.25) is 0 Å². The largest absolute Gasteiger partial charge is 0.456 e. The van der Waals surface area contributed by atoms with E-state index in [1.807, 2.05) is 34.7 Å². The summed E-state index contributed by atoms with van der Waals surface area (Å²) in [5.41, 5.74) is 0.193. The molecule has 2 saturated heterocycles. The van der Waals surface area contributed by atoms with Crippen LogP contribution in [0, 0.1) is 18.7 Å². The average Bonchev–Trinajstić information content (AvgIpc) is 3.31. The van der Waals surface area contributed by atoms with Crippen molar-refractivity contribution in [3.8, 4) is 0 Å². The van der Waals surface area contributed by atoms with Crippen molar-refractivity contribution in [3.63, 3.8) is 0 Å². The number of pyridine rings is 1. The molecule has 5 atom stereocenters. The summed E-state index contributed by atoms with van der Waals surface area (Å²) >= 11 is 1.94. The van der Waals surface area contributed by atoms with Gasteiger partial charge in [-0.15, -0.1) is 0 Å². The van der Waals surface area contributed by atoms with Crippen LogP contribution in [-0.4, -0.2) is 87.2 Å². The molecule has 4 heterocycles. The van der Waals surface area contributed by atoms with E-state index in [0.29, 0.717) is 22.6 Å². The second-order valence-corrected chi connectivity index (χ2v) is 9.42. The van der Waals surface area contributed by atoms with Gasteiger partial charge in [-0.1, -0.05) is 6.92 Å². The number of aryl methyl sites for hydroxylation is 1. The summed E-state index contributed by atoms with van der Waals surface area (Å²) in [7, 11) is 1.54. The first-order valence-corrected chi connectivity index (χ1v) is 12.2. The van der Waals surface area contributed by atoms with Crippen LogP contribution in [0.1, 0.15) is 23.0 Å². The quantitative estimate of drug-likeness (QED) is 0.234. The molecule has 11 nitrogen and oxygen atoms in total. The Hall–Kier alpha value is -2.78. The third-order valence-corrected chi connectivity index (χ3v) is 7.58. The zero-order valence-electron chi connectivity index (χ0n) is 19.2. The summed E-state index contributed by atoms with van der Waals surface area (Å²) in [6.07, 6.45) is -0.665. The van der Waals surface area contributed by atoms with Crippen molar-refractivity contribution in [3.05, 3.63) is 41.3 Å². The Balaban J connectivity index is 1.54. The van der Waals surface area contributed by atoms with Crippen LogP contribution in [0.25, 0.3) is 10.9 Å². The van der Waals surface area contributed by atoms with Crippen LogP contribution in [0.5, 0.6) is 0 Å². The molecule has 0 amide bonds. The predicted molar refractivity (Wildman–Crippen MR) is 134 cm³/mol. The van der Waals surface area contributed by atoms with Crippen molar-refractivity contribution in [2.75, 3.05) is 20.2 Å². The molecular formula is C22H25FIN7O4. The third-order valence-electron chi connectivity index (χ3n) is 7.09. The number of aromatic nitrogens is 1. The third kappa shape index (κ3) is 3.42. The first kappa shape index (κ1) is 23.9. The molecule has 2 aromatic rings. The molecule has 0 saturated carbocycles. The Labute approximate surface area is 214 Å². The Morgan fingerprint density at radius 3 is 2.91 bits per heavy atom. The van der Waals surface area contributed by atoms with Gasteiger partial charge in [0.15, 0.2) is 5.66 Å². The van der Waals surface area contributed by atoms with Crippen molar-refractivity contribution in [2.24, 2.45) is 15.9 Å². The van der Waals surface area contributed by atoms with Crippen molar-refractivity contribution >= 4 is 51.7 Å². The molecular weight excluding hydrogens is 572 g/mol. The van der Waals surface area contributed by atoms with E-state index in [-0.39, 0.29) is 24.7 Å². The first-order valence-electron chi connectivity index (χ1n) is 11.1. The fourth-order valence-corrected chi connectivity index (χ4v) is 5.96. The van der Waals surface area contributed by atoms with E-state index in [4.69, 9.17) is 4.74 Å². The zero-order valence-corrected chi connectivity index (χ0v) is 21.4. The molecule has 1 spiro atoms. The lowest BCUT2D eigenvalue weighted by Gasteiger charge is -2.49. The smallest absolute Gasteiger partial charge is 0.339 e. The highest BCUT2D eigenvalue weighted by Crippen LogP contribution is 2.47. The highest BCUT2D eigenvalue weighted by Gasteiger charge is 2.69. The van der Waals surface area contributed by atoms with Crippen molar-refractivity contribution in [1.82, 2.24) is 23.8 Å². The van der Waals surface area contributed by atoms with E-state index < -0.39 is 41.6 Å². The SMILES string of the molecule is CN=C1NC2[C@H](CO)N=C(NI)N3C[C@H](OC(=O)c4cc(C)nc5ccc(F)cc45)C(C)C23N1O. The van der Waals surface area contributed by atoms with Gasteiger partial charge >= 0.3 is 5.97 Å². The number of esters is 1. The second kappa shape index (κ2) is 8.71. The number of aliphatic hydroxyl groups excluding tert-OH is 1. The standard InChI is InChI=1S/C22H25FIN7O4/c1-10-6-14(13-7-12(23)4-5-15(13)26-10)19(33)35-17-8-30-21(29-24)27-16(9-32)18-22(30,11(17)2)31(34)20(25-3)28-18/h4-7,11,16-18,32,34H,8-9H2,1-3H3,(H,25,28)(H,27,29)/t11?,16-,17-,18?,22?/m0/s1. The molecule has 2 fully saturated rings. The summed E-state index contributed by atoms with van der Waals surface area (Å²) in [5, 5.41) is 25.9. The number of fused-ring (bicyclic) bond motifs is 1. The van der Waals surface area contributed by atoms with Gasteiger partial charge in [-0.25, -0.2) is 14.2 Å². The van der Waals surface area contributed by atoms with Crippen LogP contribution in [0.4, 0.5) is 4.39 Å². The van der Waals surface area contributed by atoms with Gasteiger partial charge in [-0.05, 0) is 31.2 Å². The molecule has 3 aliphatic rings. The number of carbonyl (C=O) groups is 1. The summed E-state index contributed by atoms with van der Waals surface area (Å²) < 4.78 is 23.0. The van der Waals surface area contributed by atoms with E-state index in [9.17, 15) is 19.5 Å². The lowest BCUT2D eigenvalue weighted by atomic mass is 9.83. The Kier molecular flexibility index (Phi) is 5.96. The van der Waals surface area contributed by atoms with E-state index in [1.165, 1.54) is 18.2 Å². The number of guanidine groups is 2. The predicted octanol–water partition coefficient (Wildman–Crippen LogP) is 1.17. The summed E-state index contributed by atoms with van der Waals surface area (Å²) in [6.45, 7) is 3.59. The molecule has 0 radical (unpaired) electrons. The number of nitrogens with zero attached hydrogens (tertiary/aromatic N) is 5. The summed E-state index contributed by atoms with van der Waals surface area (Å²) in [4.78, 5) is 28.4. The Morgan fingerprint density at radius 1 is 1.46 bits per heavy atom. The monoisotopic (exact) mass is 597 g/mol. The van der Waals surface area contributed by atoms with Gasteiger partial charge in [-0.3, -0.25) is 18.7 Å². The van der Waals surface area contributed by atoms with Gasteiger partial charge < -0.3 is 20.1 Å². The molecule has 3 aliphatic heterocycles. The number of aliphatic hydroxyl groups is 1. The molecule has 35 heavy (non-hydrogen) atoms. The maximum atomic E-state index is 14.0. The zero-order chi connectivity index (χ0) is 25.1. The van der Waals surface area contributed by atoms with Gasteiger partial charge in [0.25, 0.3) is 0 Å². The number of halogens is 2. The highest BCUT2D eigenvalue weighted by atomic mass is 127. The number of benzene rings is 1. The van der Waals surface area contributed by atoms with E-state index in [0.717, 1.165) is 5.06 Å². The van der Waals surface area contributed by atoms with E-state index >= 15 is 0 Å². The summed E-state index contributed by atoms with van der Waals surface area (Å²) in [6, 6.07) is 4.57. The van der Waals surface area contributed by atoms with Crippen LogP contribution in [0.15, 0.2) is 34.3 Å². The molecule has 5 rings (SSSR count). The van der Waals surface area contributed by atoms with Crippen LogP contribution in [0.3, 0.4) is 0 Å². The number of aliphatic imine (C=N–C) groups is 2. The van der Waals surface area contributed by atoms with E-state index in [1.54, 1.807) is 20.0 Å². The number of rotatable bonds is 3. The molecule has 13 heteroatoms. The molecule has 0 aliphatic carbocycles. The number of hydroxylamine groups is 2. The average molecular weight is 597 g/mol. The highest BCUT2D eigenvalue weighted by molar-refractivity contribution is 14.1. The van der Waals surface area contributed by atoms with E-state index in [2.05, 4.69) is 23.8 Å². The van der Waals surface area contributed by atoms with Crippen molar-refractivity contribution in [2.45, 2.75) is 37.7 Å². The minimum absolute atomic E-state index is 0.216.